The summed E-state index contributed by atoms with van der Waals surface area (Å²) in [5, 5.41) is 22.6. The highest BCUT2D eigenvalue weighted by Crippen LogP contribution is 2.27. The summed E-state index contributed by atoms with van der Waals surface area (Å²) in [7, 11) is 3.36. The van der Waals surface area contributed by atoms with E-state index in [4.69, 9.17) is 4.74 Å². The van der Waals surface area contributed by atoms with E-state index in [0.29, 0.717) is 16.9 Å². The van der Waals surface area contributed by atoms with Crippen LogP contribution in [0.15, 0.2) is 59.0 Å². The lowest BCUT2D eigenvalue weighted by atomic mass is 10.1. The van der Waals surface area contributed by atoms with Crippen LogP contribution in [0.4, 0.5) is 0 Å². The van der Waals surface area contributed by atoms with Gasteiger partial charge in [0.1, 0.15) is 6.33 Å². The first-order valence-corrected chi connectivity index (χ1v) is 9.32. The fourth-order valence-electron chi connectivity index (χ4n) is 2.34. The van der Waals surface area contributed by atoms with Crippen LogP contribution in [0.1, 0.15) is 21.5 Å². The number of amides is 1. The van der Waals surface area contributed by atoms with Crippen molar-refractivity contribution in [3.8, 4) is 11.5 Å². The number of carbonyl (C=O) groups is 1. The number of rotatable bonds is 7. The summed E-state index contributed by atoms with van der Waals surface area (Å²) in [6.45, 7) is 0. The third-order valence-electron chi connectivity index (χ3n) is 3.87. The monoisotopic (exact) mass is 397 g/mol. The van der Waals surface area contributed by atoms with Crippen LogP contribution in [0.3, 0.4) is 0 Å². The van der Waals surface area contributed by atoms with Gasteiger partial charge < -0.3 is 14.4 Å². The van der Waals surface area contributed by atoms with Gasteiger partial charge in [0, 0.05) is 23.9 Å². The molecule has 0 saturated carbocycles. The summed E-state index contributed by atoms with van der Waals surface area (Å²) in [4.78, 5) is 12.2. The lowest BCUT2D eigenvalue weighted by Gasteiger charge is -2.05. The quantitative estimate of drug-likeness (QED) is 0.361. The van der Waals surface area contributed by atoms with Gasteiger partial charge in [-0.1, -0.05) is 30.0 Å². The van der Waals surface area contributed by atoms with Gasteiger partial charge in [-0.25, -0.2) is 5.43 Å². The Morgan fingerprint density at radius 1 is 1.32 bits per heavy atom. The van der Waals surface area contributed by atoms with Crippen LogP contribution in [-0.4, -0.2) is 39.1 Å². The maximum atomic E-state index is 12.2. The van der Waals surface area contributed by atoms with Crippen LogP contribution >= 0.6 is 11.8 Å². The first-order valence-electron chi connectivity index (χ1n) is 8.33. The van der Waals surface area contributed by atoms with E-state index >= 15 is 0 Å². The first-order chi connectivity index (χ1) is 13.6. The van der Waals surface area contributed by atoms with Gasteiger partial charge >= 0.3 is 0 Å². The minimum Gasteiger partial charge on any atom is -0.504 e. The lowest BCUT2D eigenvalue weighted by Crippen LogP contribution is -2.17. The van der Waals surface area contributed by atoms with Crippen molar-refractivity contribution in [3.05, 3.63) is 65.5 Å². The molecule has 0 unspecified atom stereocenters. The zero-order chi connectivity index (χ0) is 19.9. The highest BCUT2D eigenvalue weighted by Gasteiger charge is 2.07. The topological polar surface area (TPSA) is 102 Å². The summed E-state index contributed by atoms with van der Waals surface area (Å²) < 4.78 is 6.89. The number of carbonyl (C=O) groups excluding carboxylic acids is 1. The molecule has 0 aliphatic rings. The van der Waals surface area contributed by atoms with Gasteiger partial charge in [-0.2, -0.15) is 5.10 Å². The molecule has 2 aromatic carbocycles. The van der Waals surface area contributed by atoms with Crippen molar-refractivity contribution in [2.45, 2.75) is 10.9 Å². The maximum absolute atomic E-state index is 12.2. The van der Waals surface area contributed by atoms with Crippen LogP contribution in [0, 0.1) is 0 Å². The summed E-state index contributed by atoms with van der Waals surface area (Å²) in [5.74, 6) is 0.686. The Balaban J connectivity index is 1.57. The van der Waals surface area contributed by atoms with Crippen molar-refractivity contribution >= 4 is 23.9 Å². The Morgan fingerprint density at radius 3 is 2.79 bits per heavy atom. The van der Waals surface area contributed by atoms with Gasteiger partial charge in [-0.05, 0) is 29.8 Å². The van der Waals surface area contributed by atoms with E-state index in [1.54, 1.807) is 48.4 Å². The van der Waals surface area contributed by atoms with Gasteiger partial charge in [0.15, 0.2) is 16.7 Å². The summed E-state index contributed by atoms with van der Waals surface area (Å²) in [6.07, 6.45) is 3.02. The Morgan fingerprint density at radius 2 is 2.11 bits per heavy atom. The molecular formula is C19H19N5O3S. The number of phenols is 1. The molecule has 3 aromatic rings. The zero-order valence-electron chi connectivity index (χ0n) is 15.4. The van der Waals surface area contributed by atoms with Crippen LogP contribution in [0.2, 0.25) is 0 Å². The van der Waals surface area contributed by atoms with Crippen molar-refractivity contribution in [2.75, 3.05) is 7.11 Å². The second-order valence-electron chi connectivity index (χ2n) is 5.81. The third-order valence-corrected chi connectivity index (χ3v) is 4.98. The fourth-order valence-corrected chi connectivity index (χ4v) is 3.18. The van der Waals surface area contributed by atoms with Gasteiger partial charge in [-0.15, -0.1) is 10.2 Å². The third kappa shape index (κ3) is 4.68. The summed E-state index contributed by atoms with van der Waals surface area (Å²) >= 11 is 1.57. The Hall–Kier alpha value is -3.33. The number of phenolic OH excluding ortho intramolecular Hbond substituents is 1. The number of nitrogens with zero attached hydrogens (tertiary/aromatic N) is 4. The highest BCUT2D eigenvalue weighted by molar-refractivity contribution is 7.98. The molecular weight excluding hydrogens is 378 g/mol. The number of hydrogen-bond acceptors (Lipinski definition) is 7. The molecule has 1 amide bonds. The molecule has 0 aliphatic carbocycles. The largest absolute Gasteiger partial charge is 0.504 e. The second-order valence-corrected chi connectivity index (χ2v) is 6.75. The van der Waals surface area contributed by atoms with E-state index < -0.39 is 0 Å². The zero-order valence-corrected chi connectivity index (χ0v) is 16.2. The Kier molecular flexibility index (Phi) is 6.28. The van der Waals surface area contributed by atoms with Crippen molar-refractivity contribution in [1.82, 2.24) is 20.2 Å². The molecule has 2 N–H and O–H groups in total. The minimum absolute atomic E-state index is 0.0345. The number of aromatic hydroxyl groups is 1. The number of hydrogen-bond donors (Lipinski definition) is 2. The molecule has 1 aromatic heterocycles. The van der Waals surface area contributed by atoms with Crippen molar-refractivity contribution < 1.29 is 14.6 Å². The van der Waals surface area contributed by atoms with E-state index in [1.165, 1.54) is 13.3 Å². The summed E-state index contributed by atoms with van der Waals surface area (Å²) in [5.41, 5.74) is 4.44. The molecule has 0 atom stereocenters. The molecule has 9 heteroatoms. The SMILES string of the molecule is COc1cccc(/C=N/NC(=O)c2ccc(CSc3nncn3C)cc2)c1O. The van der Waals surface area contributed by atoms with E-state index in [1.807, 2.05) is 23.7 Å². The van der Waals surface area contributed by atoms with Crippen molar-refractivity contribution in [1.29, 1.82) is 0 Å². The van der Waals surface area contributed by atoms with E-state index in [9.17, 15) is 9.90 Å². The van der Waals surface area contributed by atoms with Crippen LogP contribution in [0.5, 0.6) is 11.5 Å². The number of aromatic nitrogens is 3. The highest BCUT2D eigenvalue weighted by atomic mass is 32.2. The van der Waals surface area contributed by atoms with Crippen molar-refractivity contribution in [2.24, 2.45) is 12.1 Å². The van der Waals surface area contributed by atoms with E-state index in [-0.39, 0.29) is 11.7 Å². The standard InChI is InChI=1S/C19H19N5O3S/c1-24-12-21-23-19(24)28-11-13-6-8-14(9-7-13)18(26)22-20-10-15-4-3-5-16(27-2)17(15)25/h3-10,12,25H,11H2,1-2H3,(H,22,26)/b20-10+. The maximum Gasteiger partial charge on any atom is 0.271 e. The molecule has 0 saturated heterocycles. The predicted octanol–water partition coefficient (Wildman–Crippen LogP) is 2.59. The molecule has 0 bridgehead atoms. The number of aryl methyl sites for hydroxylation is 1. The molecule has 0 fully saturated rings. The average molecular weight is 397 g/mol. The predicted molar refractivity (Wildman–Crippen MR) is 107 cm³/mol. The molecule has 28 heavy (non-hydrogen) atoms. The first kappa shape index (κ1) is 19.4. The Bertz CT molecular complexity index is 985. The average Bonchev–Trinajstić information content (AvgIpc) is 3.13. The fraction of sp³-hybridized carbons (Fsp3) is 0.158. The van der Waals surface area contributed by atoms with Gasteiger partial charge in [0.2, 0.25) is 0 Å². The smallest absolute Gasteiger partial charge is 0.271 e. The molecule has 1 heterocycles. The number of methoxy groups -OCH3 is 1. The number of benzene rings is 2. The van der Waals surface area contributed by atoms with Gasteiger partial charge in [0.25, 0.3) is 5.91 Å². The minimum atomic E-state index is -0.342. The van der Waals surface area contributed by atoms with Gasteiger partial charge in [-0.3, -0.25) is 4.79 Å². The van der Waals surface area contributed by atoms with Crippen LogP contribution in [0.25, 0.3) is 0 Å². The summed E-state index contributed by atoms with van der Waals surface area (Å²) in [6, 6.07) is 12.3. The second kappa shape index (κ2) is 9.05. The molecule has 144 valence electrons. The molecule has 3 rings (SSSR count). The Labute approximate surface area is 166 Å². The van der Waals surface area contributed by atoms with Gasteiger partial charge in [0.05, 0.1) is 13.3 Å². The lowest BCUT2D eigenvalue weighted by molar-refractivity contribution is 0.0955. The van der Waals surface area contributed by atoms with Crippen LogP contribution < -0.4 is 10.2 Å². The number of nitrogens with one attached hydrogen (secondary N) is 1. The number of thioether (sulfide) groups is 1. The number of hydrazone groups is 1. The number of para-hydroxylation sites is 1. The van der Waals surface area contributed by atoms with Crippen molar-refractivity contribution in [3.63, 3.8) is 0 Å². The molecule has 0 spiro atoms. The number of ether oxygens (including phenoxy) is 1. The normalized spacial score (nSPS) is 10.9. The molecule has 0 aliphatic heterocycles. The molecule has 8 nitrogen and oxygen atoms in total. The van der Waals surface area contributed by atoms with E-state index in [0.717, 1.165) is 16.5 Å². The van der Waals surface area contributed by atoms with Crippen LogP contribution in [-0.2, 0) is 12.8 Å². The molecule has 0 radical (unpaired) electrons. The van der Waals surface area contributed by atoms with E-state index in [2.05, 4.69) is 20.7 Å².